The Morgan fingerprint density at radius 3 is 2.82 bits per heavy atom. The molecular weight excluding hydrogens is 185 g/mol. The predicted molar refractivity (Wildman–Crippen MR) is 43.8 cm³/mol. The Bertz CT molecular complexity index is 396. The lowest BCUT2D eigenvalue weighted by atomic mass is 10.3. The van der Waals surface area contributed by atoms with E-state index in [1.165, 1.54) is 0 Å². The van der Waals surface area contributed by atoms with E-state index in [2.05, 4.69) is 10.2 Å². The maximum Gasteiger partial charge on any atom is 0.133 e. The van der Waals surface area contributed by atoms with Gasteiger partial charge in [-0.1, -0.05) is 22.0 Å². The van der Waals surface area contributed by atoms with Gasteiger partial charge in [-0.15, -0.1) is 10.2 Å². The van der Waals surface area contributed by atoms with Gasteiger partial charge in [-0.25, -0.2) is 0 Å². The van der Waals surface area contributed by atoms with Crippen molar-refractivity contribution in [1.29, 1.82) is 0 Å². The molecule has 2 aromatic rings. The Labute approximate surface area is 72.6 Å². The highest BCUT2D eigenvalue weighted by atomic mass is 35.5. The number of benzene rings is 1. The van der Waals surface area contributed by atoms with Crippen molar-refractivity contribution in [2.75, 3.05) is 0 Å². The Kier molecular flexibility index (Phi) is 1.47. The highest BCUT2D eigenvalue weighted by Gasteiger charge is 2.03. The van der Waals surface area contributed by atoms with Crippen molar-refractivity contribution in [1.82, 2.24) is 14.5 Å². The van der Waals surface area contributed by atoms with Crippen molar-refractivity contribution in [3.63, 3.8) is 0 Å². The largest absolute Gasteiger partial charge is 0.136 e. The van der Waals surface area contributed by atoms with E-state index in [0.29, 0.717) is 16.1 Å². The first-order valence-electron chi connectivity index (χ1n) is 2.95. The van der Waals surface area contributed by atoms with Crippen molar-refractivity contribution in [3.8, 4) is 0 Å². The van der Waals surface area contributed by atoms with E-state index in [4.69, 9.17) is 23.4 Å². The summed E-state index contributed by atoms with van der Waals surface area (Å²) < 4.78 is 0.983. The van der Waals surface area contributed by atoms with Crippen molar-refractivity contribution in [3.05, 3.63) is 23.2 Å². The molecule has 0 atom stereocenters. The molecule has 3 nitrogen and oxygen atoms in total. The highest BCUT2D eigenvalue weighted by Crippen LogP contribution is 2.19. The summed E-state index contributed by atoms with van der Waals surface area (Å²) in [6.07, 6.45) is 0. The molecule has 0 aliphatic heterocycles. The van der Waals surface area contributed by atoms with Gasteiger partial charge in [0.05, 0.1) is 16.8 Å². The molecule has 0 N–H and O–H groups in total. The minimum atomic E-state index is 0.564. The van der Waals surface area contributed by atoms with Crippen LogP contribution in [0.25, 0.3) is 11.0 Å². The number of hydrogen-bond acceptors (Lipinski definition) is 2. The Morgan fingerprint density at radius 1 is 1.27 bits per heavy atom. The van der Waals surface area contributed by atoms with Crippen molar-refractivity contribution < 1.29 is 0 Å². The smallest absolute Gasteiger partial charge is 0.133 e. The van der Waals surface area contributed by atoms with Crippen LogP contribution in [0, 0.1) is 0 Å². The third-order valence-electron chi connectivity index (χ3n) is 1.34. The zero-order chi connectivity index (χ0) is 7.84. The second kappa shape index (κ2) is 2.36. The van der Waals surface area contributed by atoms with Crippen LogP contribution in [0.4, 0.5) is 0 Å². The molecule has 1 aromatic heterocycles. The molecule has 56 valence electrons. The van der Waals surface area contributed by atoms with Gasteiger partial charge >= 0.3 is 0 Å². The summed E-state index contributed by atoms with van der Waals surface area (Å²) in [5.41, 5.74) is 1.33. The van der Waals surface area contributed by atoms with Crippen LogP contribution in [-0.2, 0) is 0 Å². The summed E-state index contributed by atoms with van der Waals surface area (Å²) >= 11 is 11.3. The van der Waals surface area contributed by atoms with Gasteiger partial charge in [0, 0.05) is 0 Å². The molecule has 0 aliphatic rings. The van der Waals surface area contributed by atoms with Gasteiger partial charge in [0.1, 0.15) is 11.0 Å². The van der Waals surface area contributed by atoms with Gasteiger partial charge in [0.15, 0.2) is 0 Å². The first-order valence-corrected chi connectivity index (χ1v) is 3.67. The Hall–Kier alpha value is -0.800. The third kappa shape index (κ3) is 1.06. The molecule has 5 heteroatoms. The van der Waals surface area contributed by atoms with E-state index in [1.807, 2.05) is 0 Å². The van der Waals surface area contributed by atoms with Crippen LogP contribution in [0.1, 0.15) is 0 Å². The van der Waals surface area contributed by atoms with Gasteiger partial charge in [-0.05, 0) is 12.1 Å². The molecule has 0 unspecified atom stereocenters. The number of aromatic nitrogens is 3. The van der Waals surface area contributed by atoms with Gasteiger partial charge in [-0.3, -0.25) is 0 Å². The van der Waals surface area contributed by atoms with Crippen LogP contribution in [0.2, 0.25) is 5.02 Å². The average Bonchev–Trinajstić information content (AvgIpc) is 2.31. The van der Waals surface area contributed by atoms with Crippen molar-refractivity contribution in [2.24, 2.45) is 0 Å². The maximum absolute atomic E-state index is 5.80. The molecule has 0 bridgehead atoms. The van der Waals surface area contributed by atoms with E-state index in [1.54, 1.807) is 18.2 Å². The second-order valence-electron chi connectivity index (χ2n) is 2.05. The minimum absolute atomic E-state index is 0.564. The summed E-state index contributed by atoms with van der Waals surface area (Å²) in [6.45, 7) is 0. The maximum atomic E-state index is 5.80. The van der Waals surface area contributed by atoms with E-state index >= 15 is 0 Å². The minimum Gasteiger partial charge on any atom is -0.136 e. The summed E-state index contributed by atoms with van der Waals surface area (Å²) in [5.74, 6) is 0. The van der Waals surface area contributed by atoms with Crippen molar-refractivity contribution in [2.45, 2.75) is 0 Å². The molecule has 1 aromatic carbocycles. The van der Waals surface area contributed by atoms with E-state index in [-0.39, 0.29) is 0 Å². The summed E-state index contributed by atoms with van der Waals surface area (Å²) in [5, 5.41) is 8.28. The number of halogens is 2. The molecule has 2 rings (SSSR count). The van der Waals surface area contributed by atoms with Crippen LogP contribution >= 0.6 is 23.4 Å². The molecule has 1 heterocycles. The van der Waals surface area contributed by atoms with Crippen LogP contribution in [-0.4, -0.2) is 14.5 Å². The molecule has 11 heavy (non-hydrogen) atoms. The topological polar surface area (TPSA) is 30.7 Å². The first kappa shape index (κ1) is 6.88. The lowest BCUT2D eigenvalue weighted by molar-refractivity contribution is 0.865. The van der Waals surface area contributed by atoms with Gasteiger partial charge < -0.3 is 0 Å². The standard InChI is InChI=1S/C6H3Cl2N3/c7-4-2-1-3-5-6(4)10-11(8)9-5/h1-3H. The Balaban J connectivity index is 2.90. The van der Waals surface area contributed by atoms with Crippen LogP contribution in [0.5, 0.6) is 0 Å². The number of nitrogens with zero attached hydrogens (tertiary/aromatic N) is 3. The lowest BCUT2D eigenvalue weighted by Crippen LogP contribution is -1.81. The van der Waals surface area contributed by atoms with Gasteiger partial charge in [0.2, 0.25) is 0 Å². The molecule has 0 saturated carbocycles. The monoisotopic (exact) mass is 187 g/mol. The van der Waals surface area contributed by atoms with Gasteiger partial charge in [-0.2, -0.15) is 0 Å². The lowest BCUT2D eigenvalue weighted by Gasteiger charge is -1.85. The molecule has 0 saturated heterocycles. The number of hydrogen-bond donors (Lipinski definition) is 0. The van der Waals surface area contributed by atoms with E-state index in [0.717, 1.165) is 4.32 Å². The summed E-state index contributed by atoms with van der Waals surface area (Å²) in [7, 11) is 0. The molecule has 0 aliphatic carbocycles. The SMILES string of the molecule is Clc1cccc2nn(Cl)nc12. The van der Waals surface area contributed by atoms with Crippen molar-refractivity contribution >= 4 is 34.4 Å². The molecule has 0 radical (unpaired) electrons. The fourth-order valence-corrected chi connectivity index (χ4v) is 1.24. The summed E-state index contributed by atoms with van der Waals surface area (Å²) in [4.78, 5) is 0. The van der Waals surface area contributed by atoms with Crippen LogP contribution in [0.3, 0.4) is 0 Å². The zero-order valence-corrected chi connectivity index (χ0v) is 6.84. The quantitative estimate of drug-likeness (QED) is 0.633. The third-order valence-corrected chi connectivity index (χ3v) is 1.79. The van der Waals surface area contributed by atoms with Crippen LogP contribution in [0.15, 0.2) is 18.2 Å². The van der Waals surface area contributed by atoms with E-state index in [9.17, 15) is 0 Å². The fraction of sp³-hybridized carbons (Fsp3) is 0. The Morgan fingerprint density at radius 2 is 2.09 bits per heavy atom. The molecule has 0 fully saturated rings. The number of fused-ring (bicyclic) bond motifs is 1. The summed E-state index contributed by atoms with van der Waals surface area (Å²) in [6, 6.07) is 5.35. The molecule has 0 amide bonds. The predicted octanol–water partition coefficient (Wildman–Crippen LogP) is 2.09. The van der Waals surface area contributed by atoms with Gasteiger partial charge in [0.25, 0.3) is 0 Å². The highest BCUT2D eigenvalue weighted by molar-refractivity contribution is 6.34. The fourth-order valence-electron chi connectivity index (χ4n) is 0.877. The number of rotatable bonds is 0. The zero-order valence-electron chi connectivity index (χ0n) is 5.33. The first-order chi connectivity index (χ1) is 5.27. The average molecular weight is 188 g/mol. The molecule has 0 spiro atoms. The second-order valence-corrected chi connectivity index (χ2v) is 2.76. The normalized spacial score (nSPS) is 10.7. The van der Waals surface area contributed by atoms with E-state index < -0.39 is 0 Å². The molecular formula is C6H3Cl2N3. The van der Waals surface area contributed by atoms with Crippen LogP contribution < -0.4 is 0 Å².